The van der Waals surface area contributed by atoms with Crippen molar-refractivity contribution in [1.29, 1.82) is 0 Å². The van der Waals surface area contributed by atoms with E-state index in [2.05, 4.69) is 51.6 Å². The van der Waals surface area contributed by atoms with Crippen LogP contribution in [0, 0.1) is 0 Å². The SMILES string of the molecule is COc1cccc(C(=O)NCC(c2cccnc2)[NH+]2CCN(c3ccccc3)CC2)c1. The topological polar surface area (TPSA) is 58.9 Å². The molecule has 31 heavy (non-hydrogen) atoms. The highest BCUT2D eigenvalue weighted by Gasteiger charge is 2.29. The number of hydrogen-bond acceptors (Lipinski definition) is 4. The van der Waals surface area contributed by atoms with Gasteiger partial charge in [-0.3, -0.25) is 9.78 Å². The van der Waals surface area contributed by atoms with Gasteiger partial charge >= 0.3 is 0 Å². The number of rotatable bonds is 7. The number of pyridine rings is 1. The highest BCUT2D eigenvalue weighted by Crippen LogP contribution is 2.15. The summed E-state index contributed by atoms with van der Waals surface area (Å²) in [6.45, 7) is 4.54. The number of carbonyl (C=O) groups is 1. The average Bonchev–Trinajstić information content (AvgIpc) is 2.85. The molecule has 0 saturated carbocycles. The number of hydrogen-bond donors (Lipinski definition) is 2. The van der Waals surface area contributed by atoms with Crippen molar-refractivity contribution in [1.82, 2.24) is 10.3 Å². The van der Waals surface area contributed by atoms with Crippen LogP contribution in [0.2, 0.25) is 0 Å². The molecule has 1 aliphatic rings. The molecule has 0 spiro atoms. The first-order chi connectivity index (χ1) is 15.2. The average molecular weight is 418 g/mol. The summed E-state index contributed by atoms with van der Waals surface area (Å²) in [5.74, 6) is 0.592. The molecule has 6 heteroatoms. The van der Waals surface area contributed by atoms with Gasteiger partial charge in [0.25, 0.3) is 5.91 Å². The van der Waals surface area contributed by atoms with Gasteiger partial charge in [0.15, 0.2) is 0 Å². The van der Waals surface area contributed by atoms with Crippen molar-refractivity contribution in [2.75, 3.05) is 44.7 Å². The summed E-state index contributed by atoms with van der Waals surface area (Å²) >= 11 is 0. The zero-order valence-corrected chi connectivity index (χ0v) is 17.8. The standard InChI is InChI=1S/C25H28N4O2/c1-31-23-11-5-7-20(17-23)25(30)27-19-24(21-8-6-12-26-18-21)29-15-13-28(14-16-29)22-9-3-2-4-10-22/h2-12,17-18,24H,13-16,19H2,1H3,(H,27,30)/p+1. The monoisotopic (exact) mass is 417 g/mol. The number of benzene rings is 2. The number of nitrogens with one attached hydrogen (secondary N) is 2. The van der Waals surface area contributed by atoms with Crippen molar-refractivity contribution in [2.24, 2.45) is 0 Å². The number of nitrogens with zero attached hydrogens (tertiary/aromatic N) is 2. The van der Waals surface area contributed by atoms with E-state index in [0.717, 1.165) is 31.7 Å². The summed E-state index contributed by atoms with van der Waals surface area (Å²) in [6.07, 6.45) is 3.71. The maximum absolute atomic E-state index is 12.8. The van der Waals surface area contributed by atoms with Crippen molar-refractivity contribution < 1.29 is 14.4 Å². The summed E-state index contributed by atoms with van der Waals surface area (Å²) in [5, 5.41) is 3.13. The Labute approximate surface area is 183 Å². The van der Waals surface area contributed by atoms with E-state index in [1.807, 2.05) is 30.5 Å². The van der Waals surface area contributed by atoms with E-state index in [1.165, 1.54) is 10.6 Å². The minimum Gasteiger partial charge on any atom is -0.497 e. The third-order valence-electron chi connectivity index (χ3n) is 5.91. The summed E-state index contributed by atoms with van der Waals surface area (Å²) < 4.78 is 5.24. The fraction of sp³-hybridized carbons (Fsp3) is 0.280. The van der Waals surface area contributed by atoms with Crippen LogP contribution in [0.5, 0.6) is 5.75 Å². The lowest BCUT2D eigenvalue weighted by molar-refractivity contribution is -0.931. The molecule has 1 amide bonds. The van der Waals surface area contributed by atoms with E-state index in [0.29, 0.717) is 17.9 Å². The molecule has 1 atom stereocenters. The second kappa shape index (κ2) is 10.1. The largest absolute Gasteiger partial charge is 0.497 e. The van der Waals surface area contributed by atoms with Crippen LogP contribution in [0.4, 0.5) is 5.69 Å². The third-order valence-corrected chi connectivity index (χ3v) is 5.91. The maximum atomic E-state index is 12.8. The fourth-order valence-corrected chi connectivity index (χ4v) is 4.18. The summed E-state index contributed by atoms with van der Waals surface area (Å²) in [7, 11) is 1.61. The van der Waals surface area contributed by atoms with Crippen LogP contribution in [0.15, 0.2) is 79.1 Å². The molecule has 0 aliphatic carbocycles. The smallest absolute Gasteiger partial charge is 0.251 e. The van der Waals surface area contributed by atoms with Crippen molar-refractivity contribution >= 4 is 11.6 Å². The van der Waals surface area contributed by atoms with Crippen LogP contribution >= 0.6 is 0 Å². The first-order valence-corrected chi connectivity index (χ1v) is 10.7. The first kappa shape index (κ1) is 20.9. The quantitative estimate of drug-likeness (QED) is 0.617. The molecule has 1 unspecified atom stereocenters. The molecule has 160 valence electrons. The minimum absolute atomic E-state index is 0.0879. The van der Waals surface area contributed by atoms with Crippen molar-refractivity contribution in [3.8, 4) is 5.75 Å². The molecule has 1 aliphatic heterocycles. The lowest BCUT2D eigenvalue weighted by Crippen LogP contribution is -3.15. The van der Waals surface area contributed by atoms with E-state index in [-0.39, 0.29) is 11.9 Å². The van der Waals surface area contributed by atoms with Gasteiger partial charge in [-0.1, -0.05) is 24.3 Å². The molecule has 3 aromatic rings. The van der Waals surface area contributed by atoms with Crippen molar-refractivity contribution in [2.45, 2.75) is 6.04 Å². The fourth-order valence-electron chi connectivity index (χ4n) is 4.18. The highest BCUT2D eigenvalue weighted by molar-refractivity contribution is 5.94. The van der Waals surface area contributed by atoms with Gasteiger partial charge in [0.05, 0.1) is 39.8 Å². The number of methoxy groups -OCH3 is 1. The van der Waals surface area contributed by atoms with Crippen LogP contribution in [0.25, 0.3) is 0 Å². The van der Waals surface area contributed by atoms with Gasteiger partial charge in [-0.05, 0) is 42.5 Å². The predicted octanol–water partition coefficient (Wildman–Crippen LogP) is 1.97. The van der Waals surface area contributed by atoms with Crippen LogP contribution in [0.3, 0.4) is 0 Å². The zero-order valence-electron chi connectivity index (χ0n) is 17.8. The Balaban J connectivity index is 1.44. The van der Waals surface area contributed by atoms with Gasteiger partial charge in [0.2, 0.25) is 0 Å². The number of quaternary nitrogens is 1. The van der Waals surface area contributed by atoms with Gasteiger partial charge in [0, 0.05) is 29.2 Å². The summed E-state index contributed by atoms with van der Waals surface area (Å²) in [4.78, 5) is 21.0. The zero-order chi connectivity index (χ0) is 21.5. The Kier molecular flexibility index (Phi) is 6.79. The van der Waals surface area contributed by atoms with Gasteiger partial charge in [0.1, 0.15) is 11.8 Å². The van der Waals surface area contributed by atoms with E-state index in [9.17, 15) is 4.79 Å². The highest BCUT2D eigenvalue weighted by atomic mass is 16.5. The Morgan fingerprint density at radius 1 is 1.10 bits per heavy atom. The molecular formula is C25H29N4O2+. The van der Waals surface area contributed by atoms with E-state index in [4.69, 9.17) is 4.74 Å². The summed E-state index contributed by atoms with van der Waals surface area (Å²) in [6, 6.07) is 22.0. The molecule has 1 aromatic heterocycles. The first-order valence-electron chi connectivity index (χ1n) is 10.7. The Hall–Kier alpha value is -3.38. The predicted molar refractivity (Wildman–Crippen MR) is 122 cm³/mol. The van der Waals surface area contributed by atoms with Gasteiger partial charge in [-0.2, -0.15) is 0 Å². The molecule has 1 saturated heterocycles. The number of amides is 1. The van der Waals surface area contributed by atoms with Gasteiger partial charge in [-0.15, -0.1) is 0 Å². The summed E-state index contributed by atoms with van der Waals surface area (Å²) in [5.41, 5.74) is 3.02. The molecule has 0 bridgehead atoms. The third kappa shape index (κ3) is 5.22. The molecule has 1 fully saturated rings. The van der Waals surface area contributed by atoms with Crippen molar-refractivity contribution in [3.05, 3.63) is 90.3 Å². The van der Waals surface area contributed by atoms with E-state index >= 15 is 0 Å². The Morgan fingerprint density at radius 2 is 1.90 bits per heavy atom. The van der Waals surface area contributed by atoms with Crippen LogP contribution in [0.1, 0.15) is 22.0 Å². The van der Waals surface area contributed by atoms with Crippen LogP contribution in [-0.4, -0.2) is 50.7 Å². The second-order valence-corrected chi connectivity index (χ2v) is 7.76. The molecule has 6 nitrogen and oxygen atoms in total. The molecule has 2 N–H and O–H groups in total. The molecule has 0 radical (unpaired) electrons. The van der Waals surface area contributed by atoms with Gasteiger partial charge in [-0.25, -0.2) is 0 Å². The minimum atomic E-state index is -0.0879. The molecule has 2 heterocycles. The lowest BCUT2D eigenvalue weighted by atomic mass is 10.1. The molecular weight excluding hydrogens is 388 g/mol. The maximum Gasteiger partial charge on any atom is 0.251 e. The number of ether oxygens (including phenoxy) is 1. The van der Waals surface area contributed by atoms with E-state index in [1.54, 1.807) is 19.4 Å². The number of para-hydroxylation sites is 1. The van der Waals surface area contributed by atoms with Crippen LogP contribution < -0.4 is 19.9 Å². The Bertz CT molecular complexity index is 973. The lowest BCUT2D eigenvalue weighted by Gasteiger charge is -2.37. The van der Waals surface area contributed by atoms with Gasteiger partial charge < -0.3 is 19.9 Å². The second-order valence-electron chi connectivity index (χ2n) is 7.76. The normalized spacial score (nSPS) is 15.3. The molecule has 2 aromatic carbocycles. The van der Waals surface area contributed by atoms with Crippen molar-refractivity contribution in [3.63, 3.8) is 0 Å². The van der Waals surface area contributed by atoms with E-state index < -0.39 is 0 Å². The number of piperazine rings is 1. The molecule has 4 rings (SSSR count). The number of aromatic nitrogens is 1. The number of carbonyl (C=O) groups excluding carboxylic acids is 1. The number of anilines is 1. The van der Waals surface area contributed by atoms with Crippen LogP contribution in [-0.2, 0) is 0 Å². The Morgan fingerprint density at radius 3 is 2.61 bits per heavy atom.